The molecular formula is C15H15NO6S. The van der Waals surface area contributed by atoms with Crippen molar-refractivity contribution in [2.45, 2.75) is 13.0 Å². The van der Waals surface area contributed by atoms with Gasteiger partial charge in [-0.2, -0.15) is 0 Å². The van der Waals surface area contributed by atoms with Crippen LogP contribution in [-0.4, -0.2) is 25.1 Å². The molecule has 7 nitrogen and oxygen atoms in total. The van der Waals surface area contributed by atoms with Crippen LogP contribution >= 0.6 is 11.3 Å². The van der Waals surface area contributed by atoms with Crippen LogP contribution in [0.15, 0.2) is 29.6 Å². The number of nitrogens with zero attached hydrogens (tertiary/aromatic N) is 1. The van der Waals surface area contributed by atoms with Crippen LogP contribution in [0.3, 0.4) is 0 Å². The van der Waals surface area contributed by atoms with Gasteiger partial charge in [-0.1, -0.05) is 17.4 Å². The first-order chi connectivity index (χ1) is 11.0. The van der Waals surface area contributed by atoms with E-state index < -0.39 is 10.9 Å². The largest absolute Gasteiger partial charge is 0.493 e. The van der Waals surface area contributed by atoms with Crippen LogP contribution in [0.4, 0.5) is 5.00 Å². The topological polar surface area (TPSA) is 87.9 Å². The monoisotopic (exact) mass is 337 g/mol. The molecule has 8 heteroatoms. The molecule has 122 valence electrons. The quantitative estimate of drug-likeness (QED) is 0.438. The molecule has 2 rings (SSSR count). The van der Waals surface area contributed by atoms with Gasteiger partial charge < -0.3 is 14.2 Å². The van der Waals surface area contributed by atoms with Crippen molar-refractivity contribution < 1.29 is 23.9 Å². The number of benzene rings is 1. The Labute approximate surface area is 136 Å². The number of methoxy groups -OCH3 is 2. The second kappa shape index (κ2) is 7.59. The van der Waals surface area contributed by atoms with Gasteiger partial charge in [0, 0.05) is 17.0 Å². The molecule has 23 heavy (non-hydrogen) atoms. The highest BCUT2D eigenvalue weighted by Gasteiger charge is 2.12. The van der Waals surface area contributed by atoms with Crippen LogP contribution in [0.2, 0.25) is 0 Å². The maximum atomic E-state index is 11.9. The van der Waals surface area contributed by atoms with E-state index in [4.69, 9.17) is 14.2 Å². The maximum absolute atomic E-state index is 11.9. The summed E-state index contributed by atoms with van der Waals surface area (Å²) in [5, 5.41) is 12.2. The minimum Gasteiger partial charge on any atom is -0.493 e. The Kier molecular flexibility index (Phi) is 5.53. The van der Waals surface area contributed by atoms with Gasteiger partial charge in [-0.3, -0.25) is 14.9 Å². The fourth-order valence-electron chi connectivity index (χ4n) is 1.91. The molecule has 0 aliphatic heterocycles. The molecule has 0 radical (unpaired) electrons. The summed E-state index contributed by atoms with van der Waals surface area (Å²) in [6.45, 7) is 0.0104. The van der Waals surface area contributed by atoms with Gasteiger partial charge in [0.15, 0.2) is 11.5 Å². The van der Waals surface area contributed by atoms with Crippen molar-refractivity contribution >= 4 is 22.3 Å². The molecule has 0 fully saturated rings. The predicted molar refractivity (Wildman–Crippen MR) is 84.0 cm³/mol. The van der Waals surface area contributed by atoms with Gasteiger partial charge in [-0.05, 0) is 17.7 Å². The van der Waals surface area contributed by atoms with Crippen molar-refractivity contribution in [3.8, 4) is 11.5 Å². The van der Waals surface area contributed by atoms with Crippen LogP contribution in [0, 0.1) is 10.1 Å². The molecule has 0 unspecified atom stereocenters. The third-order valence-electron chi connectivity index (χ3n) is 3.02. The van der Waals surface area contributed by atoms with Gasteiger partial charge in [-0.25, -0.2) is 0 Å². The normalized spacial score (nSPS) is 10.2. The number of esters is 1. The molecule has 2 aromatic rings. The van der Waals surface area contributed by atoms with Gasteiger partial charge in [0.1, 0.15) is 6.61 Å². The molecular weight excluding hydrogens is 322 g/mol. The number of ether oxygens (including phenoxy) is 3. The fourth-order valence-corrected chi connectivity index (χ4v) is 2.62. The first-order valence-corrected chi connectivity index (χ1v) is 7.49. The number of thiophene rings is 1. The van der Waals surface area contributed by atoms with Crippen LogP contribution in [0.5, 0.6) is 11.5 Å². The highest BCUT2D eigenvalue weighted by Crippen LogP contribution is 2.28. The molecule has 1 aromatic carbocycles. The maximum Gasteiger partial charge on any atom is 0.324 e. The lowest BCUT2D eigenvalue weighted by atomic mass is 10.1. The molecule has 1 aromatic heterocycles. The Morgan fingerprint density at radius 2 is 1.91 bits per heavy atom. The molecule has 0 saturated heterocycles. The van der Waals surface area contributed by atoms with Crippen molar-refractivity contribution in [2.75, 3.05) is 14.2 Å². The Hall–Kier alpha value is -2.61. The molecule has 0 N–H and O–H groups in total. The summed E-state index contributed by atoms with van der Waals surface area (Å²) in [6, 6.07) is 6.56. The van der Waals surface area contributed by atoms with Gasteiger partial charge >= 0.3 is 11.0 Å². The molecule has 0 atom stereocenters. The standard InChI is InChI=1S/C15H15NO6S/c1-20-12-4-3-10(5-13(12)21-2)7-15(17)22-8-11-6-14(16(18)19)23-9-11/h3-6,9H,7-8H2,1-2H3. The minimum absolute atomic E-state index is 0.0104. The SMILES string of the molecule is COc1ccc(CC(=O)OCc2csc([N+](=O)[O-])c2)cc1OC. The average molecular weight is 337 g/mol. The van der Waals surface area contributed by atoms with Gasteiger partial charge in [0.2, 0.25) is 0 Å². The van der Waals surface area contributed by atoms with E-state index >= 15 is 0 Å². The Morgan fingerprint density at radius 1 is 1.17 bits per heavy atom. The van der Waals surface area contributed by atoms with Gasteiger partial charge in [0.25, 0.3) is 0 Å². The highest BCUT2D eigenvalue weighted by atomic mass is 32.1. The summed E-state index contributed by atoms with van der Waals surface area (Å²) < 4.78 is 15.4. The predicted octanol–water partition coefficient (Wildman–Crippen LogP) is 2.96. The molecule has 0 aliphatic rings. The summed E-state index contributed by atoms with van der Waals surface area (Å²) in [5.41, 5.74) is 1.33. The van der Waals surface area contributed by atoms with Crippen LogP contribution < -0.4 is 9.47 Å². The van der Waals surface area contributed by atoms with E-state index in [1.807, 2.05) is 0 Å². The van der Waals surface area contributed by atoms with Crippen LogP contribution in [0.25, 0.3) is 0 Å². The molecule has 0 spiro atoms. The van der Waals surface area contributed by atoms with E-state index in [1.54, 1.807) is 23.6 Å². The summed E-state index contributed by atoms with van der Waals surface area (Å²) in [6.07, 6.45) is 0.0760. The molecule has 0 bridgehead atoms. The lowest BCUT2D eigenvalue weighted by Gasteiger charge is -2.09. The fraction of sp³-hybridized carbons (Fsp3) is 0.267. The highest BCUT2D eigenvalue weighted by molar-refractivity contribution is 7.13. The van der Waals surface area contributed by atoms with E-state index in [2.05, 4.69) is 0 Å². The van der Waals surface area contributed by atoms with Crippen molar-refractivity contribution in [2.24, 2.45) is 0 Å². The van der Waals surface area contributed by atoms with E-state index in [-0.39, 0.29) is 18.0 Å². The van der Waals surface area contributed by atoms with E-state index in [1.165, 1.54) is 20.3 Å². The Bertz CT molecular complexity index is 712. The van der Waals surface area contributed by atoms with Crippen molar-refractivity contribution in [3.63, 3.8) is 0 Å². The van der Waals surface area contributed by atoms with E-state index in [9.17, 15) is 14.9 Å². The van der Waals surface area contributed by atoms with Crippen LogP contribution in [-0.2, 0) is 22.6 Å². The number of rotatable bonds is 7. The van der Waals surface area contributed by atoms with Crippen molar-refractivity contribution in [1.29, 1.82) is 0 Å². The smallest absolute Gasteiger partial charge is 0.324 e. The first kappa shape index (κ1) is 16.8. The number of hydrogen-bond donors (Lipinski definition) is 0. The third-order valence-corrected chi connectivity index (χ3v) is 3.95. The second-order valence-corrected chi connectivity index (χ2v) is 5.47. The van der Waals surface area contributed by atoms with Crippen molar-refractivity contribution in [3.05, 3.63) is 50.9 Å². The summed E-state index contributed by atoms with van der Waals surface area (Å²) in [5.74, 6) is 0.688. The summed E-state index contributed by atoms with van der Waals surface area (Å²) >= 11 is 1.00. The molecule has 0 saturated carbocycles. The molecule has 1 heterocycles. The molecule has 0 aliphatic carbocycles. The van der Waals surface area contributed by atoms with Crippen LogP contribution in [0.1, 0.15) is 11.1 Å². The zero-order valence-electron chi connectivity index (χ0n) is 12.6. The van der Waals surface area contributed by atoms with Gasteiger partial charge in [-0.15, -0.1) is 0 Å². The van der Waals surface area contributed by atoms with Gasteiger partial charge in [0.05, 0.1) is 25.6 Å². The lowest BCUT2D eigenvalue weighted by molar-refractivity contribution is -0.380. The minimum atomic E-state index is -0.473. The summed E-state index contributed by atoms with van der Waals surface area (Å²) in [7, 11) is 3.05. The zero-order chi connectivity index (χ0) is 16.8. The van der Waals surface area contributed by atoms with E-state index in [0.29, 0.717) is 17.1 Å². The average Bonchev–Trinajstić information content (AvgIpc) is 3.02. The number of nitro groups is 1. The number of hydrogen-bond acceptors (Lipinski definition) is 7. The number of carbonyl (C=O) groups excluding carboxylic acids is 1. The lowest BCUT2D eigenvalue weighted by Crippen LogP contribution is -2.08. The first-order valence-electron chi connectivity index (χ1n) is 6.61. The summed E-state index contributed by atoms with van der Waals surface area (Å²) in [4.78, 5) is 22.0. The zero-order valence-corrected chi connectivity index (χ0v) is 13.4. The Morgan fingerprint density at radius 3 is 2.52 bits per heavy atom. The Balaban J connectivity index is 1.92. The molecule has 0 amide bonds. The number of carbonyl (C=O) groups is 1. The van der Waals surface area contributed by atoms with E-state index in [0.717, 1.165) is 16.9 Å². The third kappa shape index (κ3) is 4.43. The van der Waals surface area contributed by atoms with Crippen molar-refractivity contribution in [1.82, 2.24) is 0 Å². The second-order valence-electron chi connectivity index (χ2n) is 4.58.